The van der Waals surface area contributed by atoms with Crippen LogP contribution < -0.4 is 10.6 Å². The molecule has 3 rings (SSSR count). The Morgan fingerprint density at radius 3 is 2.71 bits per heavy atom. The standard InChI is InChI=1S/C16H20N8/c1-9-6-19-14-12(9)13(18-5)21-15(22-14)20-11-7-24(23-10(11)2)16(3,4)8-17/h6-7H,1-5H3,(H3,18,19,20,21,22). The van der Waals surface area contributed by atoms with Gasteiger partial charge in [0.15, 0.2) is 0 Å². The van der Waals surface area contributed by atoms with E-state index in [0.29, 0.717) is 5.95 Å². The smallest absolute Gasteiger partial charge is 0.231 e. The van der Waals surface area contributed by atoms with E-state index in [2.05, 4.69) is 36.8 Å². The van der Waals surface area contributed by atoms with Gasteiger partial charge in [-0.05, 0) is 33.3 Å². The summed E-state index contributed by atoms with van der Waals surface area (Å²) < 4.78 is 1.64. The number of H-pyrrole nitrogens is 1. The van der Waals surface area contributed by atoms with Crippen LogP contribution in [0.3, 0.4) is 0 Å². The highest BCUT2D eigenvalue weighted by Crippen LogP contribution is 2.27. The van der Waals surface area contributed by atoms with Gasteiger partial charge in [0.25, 0.3) is 0 Å². The summed E-state index contributed by atoms with van der Waals surface area (Å²) in [5, 5.41) is 20.9. The minimum absolute atomic E-state index is 0.464. The minimum Gasteiger partial charge on any atom is -0.372 e. The quantitative estimate of drug-likeness (QED) is 0.681. The molecule has 8 nitrogen and oxygen atoms in total. The van der Waals surface area contributed by atoms with E-state index in [0.717, 1.165) is 33.8 Å². The Labute approximate surface area is 139 Å². The second kappa shape index (κ2) is 5.53. The molecule has 0 bridgehead atoms. The van der Waals surface area contributed by atoms with Crippen LogP contribution in [0.25, 0.3) is 11.0 Å². The van der Waals surface area contributed by atoms with E-state index in [4.69, 9.17) is 0 Å². The first-order valence-electron chi connectivity index (χ1n) is 7.64. The number of nitrogens with zero attached hydrogens (tertiary/aromatic N) is 5. The first-order valence-corrected chi connectivity index (χ1v) is 7.64. The minimum atomic E-state index is -0.720. The van der Waals surface area contributed by atoms with E-state index >= 15 is 0 Å². The molecule has 3 aromatic heterocycles. The zero-order chi connectivity index (χ0) is 17.5. The molecule has 0 fully saturated rings. The summed E-state index contributed by atoms with van der Waals surface area (Å²) in [6, 6.07) is 2.23. The Bertz CT molecular complexity index is 941. The van der Waals surface area contributed by atoms with Gasteiger partial charge in [-0.3, -0.25) is 4.68 Å². The zero-order valence-corrected chi connectivity index (χ0v) is 14.4. The normalized spacial score (nSPS) is 11.5. The van der Waals surface area contributed by atoms with E-state index in [1.54, 1.807) is 10.9 Å². The van der Waals surface area contributed by atoms with Gasteiger partial charge in [-0.15, -0.1) is 0 Å². The molecule has 0 saturated heterocycles. The largest absolute Gasteiger partial charge is 0.372 e. The number of nitriles is 1. The molecule has 0 aliphatic rings. The van der Waals surface area contributed by atoms with E-state index in [9.17, 15) is 5.26 Å². The summed E-state index contributed by atoms with van der Waals surface area (Å²) in [5.41, 5.74) is 2.67. The van der Waals surface area contributed by atoms with Crippen molar-refractivity contribution in [3.63, 3.8) is 0 Å². The average Bonchev–Trinajstić information content (AvgIpc) is 3.11. The molecular formula is C16H20N8. The van der Waals surface area contributed by atoms with Gasteiger partial charge in [-0.25, -0.2) is 0 Å². The number of hydrogen-bond donors (Lipinski definition) is 3. The molecule has 0 radical (unpaired) electrons. The molecule has 0 aliphatic carbocycles. The number of aromatic nitrogens is 5. The van der Waals surface area contributed by atoms with Gasteiger partial charge in [0.2, 0.25) is 5.95 Å². The molecule has 0 spiro atoms. The number of hydrogen-bond acceptors (Lipinski definition) is 6. The molecule has 3 heterocycles. The van der Waals surface area contributed by atoms with Crippen LogP contribution in [0.1, 0.15) is 25.1 Å². The van der Waals surface area contributed by atoms with Gasteiger partial charge in [0.1, 0.15) is 17.0 Å². The van der Waals surface area contributed by atoms with Gasteiger partial charge in [-0.1, -0.05) is 0 Å². The predicted octanol–water partition coefficient (Wildman–Crippen LogP) is 2.82. The van der Waals surface area contributed by atoms with Gasteiger partial charge >= 0.3 is 0 Å². The molecule has 3 aromatic rings. The molecular weight excluding hydrogens is 304 g/mol. The third kappa shape index (κ3) is 2.54. The lowest BCUT2D eigenvalue weighted by Gasteiger charge is -2.15. The van der Waals surface area contributed by atoms with Crippen molar-refractivity contribution in [2.75, 3.05) is 17.7 Å². The van der Waals surface area contributed by atoms with Crippen LogP contribution in [0.2, 0.25) is 0 Å². The highest BCUT2D eigenvalue weighted by molar-refractivity contribution is 5.91. The number of aryl methyl sites for hydroxylation is 2. The fourth-order valence-electron chi connectivity index (χ4n) is 2.47. The molecule has 0 amide bonds. The number of aromatic amines is 1. The summed E-state index contributed by atoms with van der Waals surface area (Å²) in [6.07, 6.45) is 3.70. The molecule has 0 atom stereocenters. The predicted molar refractivity (Wildman–Crippen MR) is 93.4 cm³/mol. The van der Waals surface area contributed by atoms with Crippen molar-refractivity contribution < 1.29 is 0 Å². The maximum Gasteiger partial charge on any atom is 0.231 e. The number of rotatable bonds is 4. The Balaban J connectivity index is 2.00. The molecule has 3 N–H and O–H groups in total. The van der Waals surface area contributed by atoms with E-state index < -0.39 is 5.54 Å². The fourth-order valence-corrected chi connectivity index (χ4v) is 2.47. The SMILES string of the molecule is CNc1nc(Nc2cn(C(C)(C)C#N)nc2C)nc2[nH]cc(C)c12. The molecule has 0 aliphatic heterocycles. The summed E-state index contributed by atoms with van der Waals surface area (Å²) in [5.74, 6) is 1.22. The van der Waals surface area contributed by atoms with Crippen LogP contribution in [0.4, 0.5) is 17.5 Å². The molecule has 0 aromatic carbocycles. The molecule has 8 heteroatoms. The monoisotopic (exact) mass is 324 g/mol. The van der Waals surface area contributed by atoms with Crippen molar-refractivity contribution in [1.82, 2.24) is 24.7 Å². The molecule has 0 saturated carbocycles. The van der Waals surface area contributed by atoms with Crippen molar-refractivity contribution in [2.24, 2.45) is 0 Å². The second-order valence-electron chi connectivity index (χ2n) is 6.21. The topological polar surface area (TPSA) is 107 Å². The summed E-state index contributed by atoms with van der Waals surface area (Å²) in [7, 11) is 1.83. The maximum absolute atomic E-state index is 9.26. The third-order valence-corrected chi connectivity index (χ3v) is 3.96. The highest BCUT2D eigenvalue weighted by atomic mass is 15.3. The average molecular weight is 324 g/mol. The fraction of sp³-hybridized carbons (Fsp3) is 0.375. The molecule has 0 unspecified atom stereocenters. The van der Waals surface area contributed by atoms with Gasteiger partial charge in [0.05, 0.1) is 29.0 Å². The second-order valence-corrected chi connectivity index (χ2v) is 6.21. The van der Waals surface area contributed by atoms with Gasteiger partial charge in [0, 0.05) is 13.2 Å². The van der Waals surface area contributed by atoms with Crippen LogP contribution in [-0.4, -0.2) is 31.8 Å². The summed E-state index contributed by atoms with van der Waals surface area (Å²) in [4.78, 5) is 12.2. The van der Waals surface area contributed by atoms with E-state index in [1.807, 2.05) is 40.9 Å². The van der Waals surface area contributed by atoms with Crippen LogP contribution in [-0.2, 0) is 5.54 Å². The van der Waals surface area contributed by atoms with Crippen molar-refractivity contribution >= 4 is 28.5 Å². The summed E-state index contributed by atoms with van der Waals surface area (Å²) >= 11 is 0. The van der Waals surface area contributed by atoms with Gasteiger partial charge < -0.3 is 15.6 Å². The lowest BCUT2D eigenvalue weighted by molar-refractivity contribution is 0.416. The lowest BCUT2D eigenvalue weighted by atomic mass is 10.1. The lowest BCUT2D eigenvalue weighted by Crippen LogP contribution is -2.24. The first kappa shape index (κ1) is 15.8. The number of anilines is 3. The number of nitrogens with one attached hydrogen (secondary N) is 3. The Morgan fingerprint density at radius 1 is 1.29 bits per heavy atom. The molecule has 24 heavy (non-hydrogen) atoms. The van der Waals surface area contributed by atoms with Crippen molar-refractivity contribution in [2.45, 2.75) is 33.2 Å². The first-order chi connectivity index (χ1) is 11.4. The number of fused-ring (bicyclic) bond motifs is 1. The maximum atomic E-state index is 9.26. The third-order valence-electron chi connectivity index (χ3n) is 3.96. The Morgan fingerprint density at radius 2 is 2.04 bits per heavy atom. The van der Waals surface area contributed by atoms with E-state index in [-0.39, 0.29) is 0 Å². The highest BCUT2D eigenvalue weighted by Gasteiger charge is 2.22. The summed E-state index contributed by atoms with van der Waals surface area (Å²) in [6.45, 7) is 7.51. The van der Waals surface area contributed by atoms with Gasteiger partial charge in [-0.2, -0.15) is 20.3 Å². The van der Waals surface area contributed by atoms with Crippen LogP contribution in [0.15, 0.2) is 12.4 Å². The van der Waals surface area contributed by atoms with Crippen molar-refractivity contribution in [3.8, 4) is 6.07 Å². The molecule has 124 valence electrons. The van der Waals surface area contributed by atoms with Crippen LogP contribution in [0, 0.1) is 25.2 Å². The Hall–Kier alpha value is -3.08. The van der Waals surface area contributed by atoms with Crippen molar-refractivity contribution in [1.29, 1.82) is 5.26 Å². The zero-order valence-electron chi connectivity index (χ0n) is 14.4. The van der Waals surface area contributed by atoms with E-state index in [1.165, 1.54) is 0 Å². The van der Waals surface area contributed by atoms with Crippen molar-refractivity contribution in [3.05, 3.63) is 23.7 Å². The Kier molecular flexibility index (Phi) is 3.64. The van der Waals surface area contributed by atoms with Crippen LogP contribution in [0.5, 0.6) is 0 Å². The van der Waals surface area contributed by atoms with Crippen LogP contribution >= 0.6 is 0 Å².